The Balaban J connectivity index is 1.83. The topological polar surface area (TPSA) is 49.2 Å². The summed E-state index contributed by atoms with van der Waals surface area (Å²) in [7, 11) is 2.08. The lowest BCUT2D eigenvalue weighted by atomic mass is 10.3. The van der Waals surface area contributed by atoms with E-state index >= 15 is 0 Å². The van der Waals surface area contributed by atoms with E-state index < -0.39 is 0 Å². The number of hydrogen-bond acceptors (Lipinski definition) is 3. The molecular formula is C15H18ClN5. The van der Waals surface area contributed by atoms with Crippen molar-refractivity contribution >= 4 is 17.2 Å². The molecule has 0 bridgehead atoms. The van der Waals surface area contributed by atoms with Gasteiger partial charge in [-0.15, -0.1) is 0 Å². The smallest absolute Gasteiger partial charge is 0.137 e. The van der Waals surface area contributed by atoms with Crippen molar-refractivity contribution < 1.29 is 0 Å². The Morgan fingerprint density at radius 1 is 1.29 bits per heavy atom. The monoisotopic (exact) mass is 303 g/mol. The van der Waals surface area contributed by atoms with Gasteiger partial charge in [-0.1, -0.05) is 11.6 Å². The molecule has 6 heteroatoms. The predicted molar refractivity (Wildman–Crippen MR) is 83.4 cm³/mol. The van der Waals surface area contributed by atoms with E-state index in [1.807, 2.05) is 32.2 Å². The average Bonchev–Trinajstić information content (AvgIpc) is 2.95. The summed E-state index contributed by atoms with van der Waals surface area (Å²) in [6.45, 7) is 5.62. The fourth-order valence-corrected chi connectivity index (χ4v) is 2.68. The summed E-state index contributed by atoms with van der Waals surface area (Å²) >= 11 is 6.09. The van der Waals surface area contributed by atoms with Gasteiger partial charge in [-0.3, -0.25) is 10.00 Å². The number of aromatic amines is 1. The average molecular weight is 304 g/mol. The minimum Gasteiger partial charge on any atom is -0.301 e. The number of rotatable bonds is 4. The molecule has 0 fully saturated rings. The highest BCUT2D eigenvalue weighted by Gasteiger charge is 2.12. The molecule has 21 heavy (non-hydrogen) atoms. The second-order valence-electron chi connectivity index (χ2n) is 5.43. The first kappa shape index (κ1) is 14.1. The zero-order valence-corrected chi connectivity index (χ0v) is 13.1. The van der Waals surface area contributed by atoms with E-state index in [0.29, 0.717) is 5.02 Å². The third-order valence-corrected chi connectivity index (χ3v) is 3.72. The third kappa shape index (κ3) is 2.94. The molecule has 0 saturated heterocycles. The number of hydrogen-bond donors (Lipinski definition) is 1. The van der Waals surface area contributed by atoms with Crippen LogP contribution in [0.1, 0.15) is 22.8 Å². The minimum absolute atomic E-state index is 0.715. The standard InChI is InChI=1S/C15H18ClN5/c1-10-6-13(19-18-10)8-20(3)9-14-11(2)17-15-5-4-12(16)7-21(14)15/h4-7H,8-9H2,1-3H3,(H,18,19). The Labute approximate surface area is 128 Å². The molecule has 3 aromatic rings. The molecule has 0 atom stereocenters. The molecule has 0 aliphatic rings. The highest BCUT2D eigenvalue weighted by molar-refractivity contribution is 6.30. The van der Waals surface area contributed by atoms with Crippen LogP contribution in [-0.4, -0.2) is 31.5 Å². The van der Waals surface area contributed by atoms with Gasteiger partial charge in [0.25, 0.3) is 0 Å². The van der Waals surface area contributed by atoms with Gasteiger partial charge in [0.05, 0.1) is 22.1 Å². The molecule has 0 aliphatic carbocycles. The number of imidazole rings is 1. The first-order valence-electron chi connectivity index (χ1n) is 6.85. The van der Waals surface area contributed by atoms with Crippen LogP contribution in [0.2, 0.25) is 5.02 Å². The Bertz CT molecular complexity index is 774. The molecule has 1 N–H and O–H groups in total. The summed E-state index contributed by atoms with van der Waals surface area (Å²) < 4.78 is 2.06. The van der Waals surface area contributed by atoms with Crippen molar-refractivity contribution in [3.05, 3.63) is 52.2 Å². The van der Waals surface area contributed by atoms with Crippen molar-refractivity contribution in [2.24, 2.45) is 0 Å². The molecule has 0 aromatic carbocycles. The maximum Gasteiger partial charge on any atom is 0.137 e. The number of pyridine rings is 1. The van der Waals surface area contributed by atoms with Crippen LogP contribution in [0.15, 0.2) is 24.4 Å². The van der Waals surface area contributed by atoms with Gasteiger partial charge in [-0.2, -0.15) is 5.10 Å². The third-order valence-electron chi connectivity index (χ3n) is 3.49. The first-order chi connectivity index (χ1) is 10.0. The van der Waals surface area contributed by atoms with Crippen LogP contribution in [0.5, 0.6) is 0 Å². The highest BCUT2D eigenvalue weighted by atomic mass is 35.5. The van der Waals surface area contributed by atoms with E-state index in [1.54, 1.807) is 0 Å². The van der Waals surface area contributed by atoms with Gasteiger partial charge < -0.3 is 4.40 Å². The second kappa shape index (κ2) is 5.50. The van der Waals surface area contributed by atoms with Crippen LogP contribution in [0.3, 0.4) is 0 Å². The number of nitrogens with one attached hydrogen (secondary N) is 1. The number of fused-ring (bicyclic) bond motifs is 1. The van der Waals surface area contributed by atoms with Crippen molar-refractivity contribution in [1.29, 1.82) is 0 Å². The van der Waals surface area contributed by atoms with Gasteiger partial charge in [0.15, 0.2) is 0 Å². The molecule has 0 amide bonds. The molecule has 0 spiro atoms. The van der Waals surface area contributed by atoms with E-state index in [4.69, 9.17) is 11.6 Å². The van der Waals surface area contributed by atoms with Gasteiger partial charge in [0.1, 0.15) is 5.65 Å². The minimum atomic E-state index is 0.715. The number of halogens is 1. The normalized spacial score (nSPS) is 11.7. The molecule has 3 rings (SSSR count). The molecule has 3 aromatic heterocycles. The van der Waals surface area contributed by atoms with Crippen molar-refractivity contribution in [3.63, 3.8) is 0 Å². The van der Waals surface area contributed by atoms with Gasteiger partial charge in [0.2, 0.25) is 0 Å². The Kier molecular flexibility index (Phi) is 3.69. The van der Waals surface area contributed by atoms with E-state index in [9.17, 15) is 0 Å². The van der Waals surface area contributed by atoms with E-state index in [0.717, 1.165) is 41.5 Å². The quantitative estimate of drug-likeness (QED) is 0.806. The summed E-state index contributed by atoms with van der Waals surface area (Å²) in [5, 5.41) is 7.96. The fourth-order valence-electron chi connectivity index (χ4n) is 2.52. The lowest BCUT2D eigenvalue weighted by Crippen LogP contribution is -2.19. The van der Waals surface area contributed by atoms with E-state index in [1.165, 1.54) is 0 Å². The maximum absolute atomic E-state index is 6.09. The summed E-state index contributed by atoms with van der Waals surface area (Å²) in [6, 6.07) is 5.87. The molecule has 110 valence electrons. The molecule has 5 nitrogen and oxygen atoms in total. The summed E-state index contributed by atoms with van der Waals surface area (Å²) in [5.74, 6) is 0. The van der Waals surface area contributed by atoms with Crippen LogP contribution in [-0.2, 0) is 13.1 Å². The summed E-state index contributed by atoms with van der Waals surface area (Å²) in [4.78, 5) is 6.79. The van der Waals surface area contributed by atoms with Crippen LogP contribution < -0.4 is 0 Å². The number of aromatic nitrogens is 4. The first-order valence-corrected chi connectivity index (χ1v) is 7.23. The fraction of sp³-hybridized carbons (Fsp3) is 0.333. The van der Waals surface area contributed by atoms with Crippen LogP contribution >= 0.6 is 11.6 Å². The van der Waals surface area contributed by atoms with Crippen molar-refractivity contribution in [2.75, 3.05) is 7.05 Å². The van der Waals surface area contributed by atoms with Crippen molar-refractivity contribution in [3.8, 4) is 0 Å². The molecular weight excluding hydrogens is 286 g/mol. The largest absolute Gasteiger partial charge is 0.301 e. The second-order valence-corrected chi connectivity index (χ2v) is 5.87. The van der Waals surface area contributed by atoms with Crippen LogP contribution in [0, 0.1) is 13.8 Å². The highest BCUT2D eigenvalue weighted by Crippen LogP contribution is 2.18. The summed E-state index contributed by atoms with van der Waals surface area (Å²) in [5.41, 5.74) is 5.23. The van der Waals surface area contributed by atoms with E-state index in [2.05, 4.69) is 37.6 Å². The predicted octanol–water partition coefficient (Wildman–Crippen LogP) is 2.96. The van der Waals surface area contributed by atoms with E-state index in [-0.39, 0.29) is 0 Å². The molecule has 3 heterocycles. The van der Waals surface area contributed by atoms with Crippen LogP contribution in [0.25, 0.3) is 5.65 Å². The molecule has 0 aliphatic heterocycles. The zero-order valence-electron chi connectivity index (χ0n) is 12.4. The number of aryl methyl sites for hydroxylation is 2. The molecule has 0 saturated carbocycles. The maximum atomic E-state index is 6.09. The number of H-pyrrole nitrogens is 1. The number of nitrogens with zero attached hydrogens (tertiary/aromatic N) is 4. The Hall–Kier alpha value is -1.85. The SMILES string of the molecule is Cc1cc(CN(C)Cc2c(C)nc3ccc(Cl)cn23)n[nH]1. The van der Waals surface area contributed by atoms with Gasteiger partial charge >= 0.3 is 0 Å². The van der Waals surface area contributed by atoms with Crippen LogP contribution in [0.4, 0.5) is 0 Å². The zero-order chi connectivity index (χ0) is 15.0. The van der Waals surface area contributed by atoms with Crippen molar-refractivity contribution in [1.82, 2.24) is 24.5 Å². The van der Waals surface area contributed by atoms with Crippen molar-refractivity contribution in [2.45, 2.75) is 26.9 Å². The van der Waals surface area contributed by atoms with Gasteiger partial charge in [-0.25, -0.2) is 4.98 Å². The Morgan fingerprint density at radius 2 is 2.10 bits per heavy atom. The summed E-state index contributed by atoms with van der Waals surface area (Å²) in [6.07, 6.45) is 1.92. The molecule has 0 radical (unpaired) electrons. The Morgan fingerprint density at radius 3 is 2.81 bits per heavy atom. The lowest BCUT2D eigenvalue weighted by molar-refractivity contribution is 0.309. The van der Waals surface area contributed by atoms with Gasteiger partial charge in [0, 0.05) is 25.0 Å². The molecule has 0 unspecified atom stereocenters. The lowest BCUT2D eigenvalue weighted by Gasteiger charge is -2.15. The van der Waals surface area contributed by atoms with Gasteiger partial charge in [-0.05, 0) is 39.1 Å².